The Kier molecular flexibility index (Phi) is 6.19. The van der Waals surface area contributed by atoms with Gasteiger partial charge in [-0.2, -0.15) is 0 Å². The zero-order chi connectivity index (χ0) is 15.8. The zero-order valence-corrected chi connectivity index (χ0v) is 11.8. The monoisotopic (exact) mass is 293 g/mol. The number of aryl methyl sites for hydroxylation is 1. The van der Waals surface area contributed by atoms with Crippen molar-refractivity contribution in [2.75, 3.05) is 18.0 Å². The predicted molar refractivity (Wildman–Crippen MR) is 78.0 cm³/mol. The van der Waals surface area contributed by atoms with Gasteiger partial charge in [0.2, 0.25) is 5.91 Å². The van der Waals surface area contributed by atoms with E-state index in [4.69, 9.17) is 10.8 Å². The van der Waals surface area contributed by atoms with E-state index in [9.17, 15) is 14.4 Å². The molecule has 21 heavy (non-hydrogen) atoms. The third-order valence-electron chi connectivity index (χ3n) is 2.87. The van der Waals surface area contributed by atoms with Gasteiger partial charge in [0.15, 0.2) is 0 Å². The molecule has 7 nitrogen and oxygen atoms in total. The van der Waals surface area contributed by atoms with Gasteiger partial charge in [0, 0.05) is 25.2 Å². The summed E-state index contributed by atoms with van der Waals surface area (Å²) in [6, 6.07) is 6.65. The quantitative estimate of drug-likeness (QED) is 0.690. The van der Waals surface area contributed by atoms with Gasteiger partial charge in [0.25, 0.3) is 0 Å². The van der Waals surface area contributed by atoms with Gasteiger partial charge in [0.05, 0.1) is 6.42 Å². The van der Waals surface area contributed by atoms with E-state index in [2.05, 4.69) is 0 Å². The number of hydrogen-bond donors (Lipinski definition) is 3. The van der Waals surface area contributed by atoms with Crippen molar-refractivity contribution in [2.45, 2.75) is 19.8 Å². The van der Waals surface area contributed by atoms with Gasteiger partial charge in [-0.05, 0) is 19.1 Å². The first-order chi connectivity index (χ1) is 9.88. The summed E-state index contributed by atoms with van der Waals surface area (Å²) in [7, 11) is 0. The lowest BCUT2D eigenvalue weighted by Crippen LogP contribution is -2.37. The van der Waals surface area contributed by atoms with E-state index in [0.717, 1.165) is 11.3 Å². The number of primary amides is 1. The highest BCUT2D eigenvalue weighted by Gasteiger charge is 2.12. The number of nitrogens with two attached hydrogens (primary N) is 1. The SMILES string of the molecule is Cc1ccc(N(CCC(=O)O)CCC(=O)NC(N)=O)cc1. The summed E-state index contributed by atoms with van der Waals surface area (Å²) in [5.74, 6) is -1.40. The van der Waals surface area contributed by atoms with Crippen molar-refractivity contribution in [3.05, 3.63) is 29.8 Å². The molecular weight excluding hydrogens is 274 g/mol. The molecule has 0 spiro atoms. The van der Waals surface area contributed by atoms with E-state index >= 15 is 0 Å². The third kappa shape index (κ3) is 6.42. The van der Waals surface area contributed by atoms with E-state index in [0.29, 0.717) is 6.54 Å². The maximum atomic E-state index is 11.4. The van der Waals surface area contributed by atoms with Gasteiger partial charge in [-0.25, -0.2) is 4.79 Å². The van der Waals surface area contributed by atoms with Gasteiger partial charge in [0.1, 0.15) is 0 Å². The Labute approximate surface area is 122 Å². The minimum absolute atomic E-state index is 0.0364. The molecule has 0 unspecified atom stereocenters. The number of rotatable bonds is 7. The maximum Gasteiger partial charge on any atom is 0.318 e. The summed E-state index contributed by atoms with van der Waals surface area (Å²) in [6.07, 6.45) is 0.0156. The molecule has 0 fully saturated rings. The first-order valence-corrected chi connectivity index (χ1v) is 6.51. The molecule has 0 heterocycles. The molecule has 0 aliphatic heterocycles. The summed E-state index contributed by atoms with van der Waals surface area (Å²) < 4.78 is 0. The largest absolute Gasteiger partial charge is 0.481 e. The summed E-state index contributed by atoms with van der Waals surface area (Å²) in [6.45, 7) is 2.53. The van der Waals surface area contributed by atoms with Crippen LogP contribution in [0.25, 0.3) is 0 Å². The van der Waals surface area contributed by atoms with Gasteiger partial charge in [-0.3, -0.25) is 14.9 Å². The number of carbonyl (C=O) groups is 3. The topological polar surface area (TPSA) is 113 Å². The molecule has 1 rings (SSSR count). The molecule has 7 heteroatoms. The van der Waals surface area contributed by atoms with Crippen LogP contribution in [-0.4, -0.2) is 36.1 Å². The highest BCUT2D eigenvalue weighted by atomic mass is 16.4. The molecule has 0 bridgehead atoms. The van der Waals surface area contributed by atoms with Crippen LogP contribution in [0.3, 0.4) is 0 Å². The molecule has 1 aromatic carbocycles. The lowest BCUT2D eigenvalue weighted by Gasteiger charge is -2.24. The molecule has 0 radical (unpaired) electrons. The molecule has 0 saturated carbocycles. The van der Waals surface area contributed by atoms with Crippen LogP contribution in [0.5, 0.6) is 0 Å². The lowest BCUT2D eigenvalue weighted by atomic mass is 10.2. The number of hydrogen-bond acceptors (Lipinski definition) is 4. The average molecular weight is 293 g/mol. The number of nitrogens with one attached hydrogen (secondary N) is 1. The predicted octanol–water partition coefficient (Wildman–Crippen LogP) is 0.861. The Morgan fingerprint density at radius 2 is 1.71 bits per heavy atom. The molecular formula is C14H19N3O4. The van der Waals surface area contributed by atoms with Gasteiger partial charge >= 0.3 is 12.0 Å². The van der Waals surface area contributed by atoms with Crippen molar-refractivity contribution in [3.8, 4) is 0 Å². The maximum absolute atomic E-state index is 11.4. The molecule has 0 aliphatic rings. The van der Waals surface area contributed by atoms with Crippen LogP contribution in [0.1, 0.15) is 18.4 Å². The smallest absolute Gasteiger partial charge is 0.318 e. The van der Waals surface area contributed by atoms with Crippen molar-refractivity contribution in [3.63, 3.8) is 0 Å². The number of amides is 3. The van der Waals surface area contributed by atoms with Gasteiger partial charge in [-0.15, -0.1) is 0 Å². The fraction of sp³-hybridized carbons (Fsp3) is 0.357. The van der Waals surface area contributed by atoms with E-state index in [1.807, 2.05) is 36.5 Å². The normalized spacial score (nSPS) is 9.95. The number of anilines is 1. The van der Waals surface area contributed by atoms with Crippen molar-refractivity contribution >= 4 is 23.6 Å². The zero-order valence-electron chi connectivity index (χ0n) is 11.8. The summed E-state index contributed by atoms with van der Waals surface area (Å²) >= 11 is 0. The van der Waals surface area contributed by atoms with Crippen molar-refractivity contribution in [1.29, 1.82) is 0 Å². The van der Waals surface area contributed by atoms with Crippen molar-refractivity contribution < 1.29 is 19.5 Å². The minimum Gasteiger partial charge on any atom is -0.481 e. The van der Waals surface area contributed by atoms with Gasteiger partial charge in [-0.1, -0.05) is 17.7 Å². The Balaban J connectivity index is 2.68. The molecule has 3 amide bonds. The Morgan fingerprint density at radius 1 is 1.14 bits per heavy atom. The van der Waals surface area contributed by atoms with Crippen LogP contribution in [0.2, 0.25) is 0 Å². The number of carbonyl (C=O) groups excluding carboxylic acids is 2. The fourth-order valence-corrected chi connectivity index (χ4v) is 1.79. The summed E-state index contributed by atoms with van der Waals surface area (Å²) in [5.41, 5.74) is 6.78. The first kappa shape index (κ1) is 16.5. The summed E-state index contributed by atoms with van der Waals surface area (Å²) in [5, 5.41) is 10.8. The Morgan fingerprint density at radius 3 is 2.24 bits per heavy atom. The standard InChI is InChI=1S/C14H19N3O4/c1-10-2-4-11(5-3-10)17(9-7-13(19)20)8-6-12(18)16-14(15)21/h2-5H,6-9H2,1H3,(H,19,20)(H3,15,16,18,21). The molecule has 0 aromatic heterocycles. The molecule has 0 aliphatic carbocycles. The minimum atomic E-state index is -0.909. The lowest BCUT2D eigenvalue weighted by molar-refractivity contribution is -0.136. The van der Waals surface area contributed by atoms with E-state index in [1.54, 1.807) is 4.90 Å². The van der Waals surface area contributed by atoms with Crippen LogP contribution in [0.15, 0.2) is 24.3 Å². The Hall–Kier alpha value is -2.57. The van der Waals surface area contributed by atoms with Crippen LogP contribution >= 0.6 is 0 Å². The number of carboxylic acid groups (broad SMARTS) is 1. The molecule has 0 atom stereocenters. The van der Waals surface area contributed by atoms with E-state index in [1.165, 1.54) is 0 Å². The average Bonchev–Trinajstić information content (AvgIpc) is 2.39. The first-order valence-electron chi connectivity index (χ1n) is 6.51. The van der Waals surface area contributed by atoms with Crippen molar-refractivity contribution in [2.24, 2.45) is 5.73 Å². The number of aliphatic carboxylic acids is 1. The number of imide groups is 1. The summed E-state index contributed by atoms with van der Waals surface area (Å²) in [4.78, 5) is 34.5. The molecule has 114 valence electrons. The Bertz CT molecular complexity index is 513. The van der Waals surface area contributed by atoms with Crippen LogP contribution in [0, 0.1) is 6.92 Å². The number of urea groups is 1. The number of nitrogens with zero attached hydrogens (tertiary/aromatic N) is 1. The second kappa shape index (κ2) is 7.88. The van der Waals surface area contributed by atoms with Crippen LogP contribution in [-0.2, 0) is 9.59 Å². The highest BCUT2D eigenvalue weighted by molar-refractivity contribution is 5.93. The van der Waals surface area contributed by atoms with Crippen LogP contribution in [0.4, 0.5) is 10.5 Å². The fourth-order valence-electron chi connectivity index (χ4n) is 1.79. The van der Waals surface area contributed by atoms with E-state index in [-0.39, 0.29) is 19.4 Å². The molecule has 0 saturated heterocycles. The molecule has 1 aromatic rings. The third-order valence-corrected chi connectivity index (χ3v) is 2.87. The van der Waals surface area contributed by atoms with Crippen molar-refractivity contribution in [1.82, 2.24) is 5.32 Å². The van der Waals surface area contributed by atoms with E-state index < -0.39 is 17.9 Å². The number of carboxylic acids is 1. The second-order valence-corrected chi connectivity index (χ2v) is 4.63. The van der Waals surface area contributed by atoms with Crippen LogP contribution < -0.4 is 16.0 Å². The van der Waals surface area contributed by atoms with Gasteiger partial charge < -0.3 is 15.7 Å². The number of benzene rings is 1. The molecule has 4 N–H and O–H groups in total. The highest BCUT2D eigenvalue weighted by Crippen LogP contribution is 2.15. The second-order valence-electron chi connectivity index (χ2n) is 4.63.